The molecule has 1 spiro atoms. The quantitative estimate of drug-likeness (QED) is 0.558. The number of thiophene rings is 1. The molecule has 0 bridgehead atoms. The number of hydrogen-bond donors (Lipinski definition) is 3. The first-order valence-electron chi connectivity index (χ1n) is 12.0. The van der Waals surface area contributed by atoms with Crippen LogP contribution in [0.1, 0.15) is 84.5 Å². The van der Waals surface area contributed by atoms with E-state index in [1.54, 1.807) is 0 Å². The maximum atomic E-state index is 13.9. The fraction of sp³-hybridized carbons (Fsp3) is 0.520. The highest BCUT2D eigenvalue weighted by molar-refractivity contribution is 7.16. The van der Waals surface area contributed by atoms with Gasteiger partial charge in [-0.05, 0) is 50.5 Å². The molecule has 2 atom stereocenters. The van der Waals surface area contributed by atoms with Crippen molar-refractivity contribution in [3.8, 4) is 6.07 Å². The van der Waals surface area contributed by atoms with E-state index in [0.717, 1.165) is 41.8 Å². The number of aryl methyl sites for hydroxylation is 1. The largest absolute Gasteiger partial charge is 0.395 e. The van der Waals surface area contributed by atoms with Crippen LogP contribution in [0.25, 0.3) is 5.70 Å². The van der Waals surface area contributed by atoms with Gasteiger partial charge in [-0.2, -0.15) is 5.26 Å². The summed E-state index contributed by atoms with van der Waals surface area (Å²) in [6.07, 6.45) is 5.85. The Morgan fingerprint density at radius 3 is 2.91 bits per heavy atom. The third kappa shape index (κ3) is 3.48. The van der Waals surface area contributed by atoms with Crippen molar-refractivity contribution in [2.24, 2.45) is 5.73 Å². The van der Waals surface area contributed by atoms with Gasteiger partial charge in [0.05, 0.1) is 23.6 Å². The third-order valence-electron chi connectivity index (χ3n) is 7.58. The third-order valence-corrected chi connectivity index (χ3v) is 8.67. The molecule has 5 rings (SSSR count). The topological polar surface area (TPSA) is 148 Å². The lowest BCUT2D eigenvalue weighted by molar-refractivity contribution is -0.117. The molecule has 9 heteroatoms. The zero-order chi connectivity index (χ0) is 24.0. The Labute approximate surface area is 202 Å². The molecule has 1 aliphatic heterocycles. The van der Waals surface area contributed by atoms with Gasteiger partial charge >= 0.3 is 0 Å². The number of hydrogen-bond acceptors (Lipinski definition) is 8. The number of Topliss-reactive ketones (excluding diaryl/α,β-unsaturated/α-hetero) is 1. The monoisotopic (exact) mass is 479 g/mol. The van der Waals surface area contributed by atoms with Crippen LogP contribution in [-0.2, 0) is 27.8 Å². The number of H-pyrrole nitrogens is 1. The minimum atomic E-state index is -0.456. The number of nitrogens with zero attached hydrogens (tertiary/aromatic N) is 2. The lowest BCUT2D eigenvalue weighted by Gasteiger charge is -2.24. The molecule has 3 heterocycles. The maximum Gasteiger partial charge on any atom is 0.254 e. The molecular weight excluding hydrogens is 450 g/mol. The Bertz CT molecular complexity index is 1290. The van der Waals surface area contributed by atoms with E-state index in [-0.39, 0.29) is 28.3 Å². The summed E-state index contributed by atoms with van der Waals surface area (Å²) in [5.41, 5.74) is 15.6. The smallest absolute Gasteiger partial charge is 0.254 e. The van der Waals surface area contributed by atoms with E-state index in [0.29, 0.717) is 60.6 Å². The SMILES string of the molecule is CCC/C(C(=O)C1CCCc2sc(N)c(C#N)c21)=C(/N)c1nc2c(c(=O)[nH]1)CCC21CCOC1. The predicted molar refractivity (Wildman–Crippen MR) is 130 cm³/mol. The molecule has 5 N–H and O–H groups in total. The Morgan fingerprint density at radius 1 is 1.38 bits per heavy atom. The first-order chi connectivity index (χ1) is 16.4. The van der Waals surface area contributed by atoms with Crippen molar-refractivity contribution in [2.75, 3.05) is 18.9 Å². The van der Waals surface area contributed by atoms with Crippen LogP contribution in [0.4, 0.5) is 5.00 Å². The molecule has 0 amide bonds. The lowest BCUT2D eigenvalue weighted by Crippen LogP contribution is -2.28. The molecule has 2 aromatic heterocycles. The van der Waals surface area contributed by atoms with Crippen molar-refractivity contribution < 1.29 is 9.53 Å². The van der Waals surface area contributed by atoms with Crippen LogP contribution >= 0.6 is 11.3 Å². The highest BCUT2D eigenvalue weighted by Crippen LogP contribution is 2.45. The number of allylic oxidation sites excluding steroid dienone is 1. The Balaban J connectivity index is 1.60. The molecule has 0 aromatic carbocycles. The molecule has 0 saturated carbocycles. The molecule has 0 radical (unpaired) electrons. The van der Waals surface area contributed by atoms with Gasteiger partial charge < -0.3 is 21.2 Å². The van der Waals surface area contributed by atoms with Crippen molar-refractivity contribution in [2.45, 2.75) is 69.6 Å². The number of nitrogens with one attached hydrogen (secondary N) is 1. The zero-order valence-corrected chi connectivity index (χ0v) is 20.1. The zero-order valence-electron chi connectivity index (χ0n) is 19.3. The molecule has 1 fully saturated rings. The first-order valence-corrected chi connectivity index (χ1v) is 12.8. The highest BCUT2D eigenvalue weighted by atomic mass is 32.1. The summed E-state index contributed by atoms with van der Waals surface area (Å²) in [6.45, 7) is 3.20. The van der Waals surface area contributed by atoms with Gasteiger partial charge in [-0.15, -0.1) is 11.3 Å². The van der Waals surface area contributed by atoms with Crippen LogP contribution in [-0.4, -0.2) is 29.0 Å². The molecular formula is C25H29N5O3S. The maximum absolute atomic E-state index is 13.9. The van der Waals surface area contributed by atoms with Crippen molar-refractivity contribution in [1.82, 2.24) is 9.97 Å². The van der Waals surface area contributed by atoms with Crippen LogP contribution in [0, 0.1) is 11.3 Å². The van der Waals surface area contributed by atoms with Gasteiger partial charge in [-0.25, -0.2) is 4.98 Å². The summed E-state index contributed by atoms with van der Waals surface area (Å²) in [6, 6.07) is 2.20. The summed E-state index contributed by atoms with van der Waals surface area (Å²) in [4.78, 5) is 35.5. The van der Waals surface area contributed by atoms with E-state index in [9.17, 15) is 14.9 Å². The Kier molecular flexibility index (Phi) is 5.82. The van der Waals surface area contributed by atoms with Gasteiger partial charge in [0, 0.05) is 34.0 Å². The molecule has 34 heavy (non-hydrogen) atoms. The van der Waals surface area contributed by atoms with Crippen LogP contribution in [0.2, 0.25) is 0 Å². The Hall–Kier alpha value is -2.96. The number of fused-ring (bicyclic) bond motifs is 3. The minimum Gasteiger partial charge on any atom is -0.395 e. The average molecular weight is 480 g/mol. The Morgan fingerprint density at radius 2 is 2.21 bits per heavy atom. The van der Waals surface area contributed by atoms with Crippen LogP contribution < -0.4 is 17.0 Å². The number of nitriles is 1. The lowest BCUT2D eigenvalue weighted by atomic mass is 9.79. The number of aromatic amines is 1. The average Bonchev–Trinajstić information content (AvgIpc) is 3.54. The van der Waals surface area contributed by atoms with E-state index < -0.39 is 5.92 Å². The molecule has 178 valence electrons. The summed E-state index contributed by atoms with van der Waals surface area (Å²) < 4.78 is 5.65. The summed E-state index contributed by atoms with van der Waals surface area (Å²) >= 11 is 1.40. The first kappa shape index (κ1) is 22.8. The fourth-order valence-corrected chi connectivity index (χ4v) is 6.94. The summed E-state index contributed by atoms with van der Waals surface area (Å²) in [5, 5.41) is 10.1. The molecule has 8 nitrogen and oxygen atoms in total. The van der Waals surface area contributed by atoms with Crippen molar-refractivity contribution >= 4 is 27.8 Å². The second kappa shape index (κ2) is 8.67. The molecule has 1 saturated heterocycles. The fourth-order valence-electron chi connectivity index (χ4n) is 5.82. The summed E-state index contributed by atoms with van der Waals surface area (Å²) in [5.74, 6) is -0.297. The number of rotatable bonds is 5. The second-order valence-corrected chi connectivity index (χ2v) is 10.7. The van der Waals surface area contributed by atoms with Gasteiger partial charge in [0.1, 0.15) is 11.1 Å². The minimum absolute atomic E-state index is 0.100. The van der Waals surface area contributed by atoms with Crippen molar-refractivity contribution in [1.29, 1.82) is 5.26 Å². The number of anilines is 1. The second-order valence-electron chi connectivity index (χ2n) is 9.57. The number of nitrogens with two attached hydrogens (primary N) is 2. The van der Waals surface area contributed by atoms with Gasteiger partial charge in [-0.1, -0.05) is 13.3 Å². The number of carbonyl (C=O) groups is 1. The predicted octanol–water partition coefficient (Wildman–Crippen LogP) is 3.05. The number of carbonyl (C=O) groups excluding carboxylic acids is 1. The van der Waals surface area contributed by atoms with Crippen LogP contribution in [0.15, 0.2) is 10.4 Å². The van der Waals surface area contributed by atoms with Gasteiger partial charge in [-0.3, -0.25) is 9.59 Å². The van der Waals surface area contributed by atoms with E-state index >= 15 is 0 Å². The molecule has 2 unspecified atom stereocenters. The standard InChI is InChI=1S/C25H29N5O3S/c1-2-4-14(20(31)13-5-3-6-17-18(13)16(11-26)22(28)34-17)19(27)23-29-21-15(24(32)30-23)7-8-25(21)9-10-33-12-25/h13H,2-10,12,27-28H2,1H3,(H,29,30,32)/b19-14-. The van der Waals surface area contributed by atoms with Gasteiger partial charge in [0.2, 0.25) is 0 Å². The van der Waals surface area contributed by atoms with Crippen LogP contribution in [0.3, 0.4) is 0 Å². The van der Waals surface area contributed by atoms with Gasteiger partial charge in [0.25, 0.3) is 5.56 Å². The summed E-state index contributed by atoms with van der Waals surface area (Å²) in [7, 11) is 0. The number of ether oxygens (including phenoxy) is 1. The van der Waals surface area contributed by atoms with Crippen molar-refractivity contribution in [3.63, 3.8) is 0 Å². The molecule has 3 aliphatic rings. The number of ketones is 1. The van der Waals surface area contributed by atoms with Crippen molar-refractivity contribution in [3.05, 3.63) is 49.0 Å². The molecule has 2 aromatic rings. The van der Waals surface area contributed by atoms with Gasteiger partial charge in [0.15, 0.2) is 11.6 Å². The van der Waals surface area contributed by atoms with E-state index in [1.807, 2.05) is 6.92 Å². The normalized spacial score (nSPS) is 23.9. The van der Waals surface area contributed by atoms with E-state index in [2.05, 4.69) is 11.1 Å². The molecule has 2 aliphatic carbocycles. The van der Waals surface area contributed by atoms with E-state index in [1.165, 1.54) is 11.3 Å². The van der Waals surface area contributed by atoms with Crippen LogP contribution in [0.5, 0.6) is 0 Å². The number of nitrogen functional groups attached to an aromatic ring is 1. The van der Waals surface area contributed by atoms with E-state index in [4.69, 9.17) is 21.2 Å². The highest BCUT2D eigenvalue weighted by Gasteiger charge is 2.45. The number of aromatic nitrogens is 2.